The molecule has 0 amide bonds. The SMILES string of the molecule is CCc1cnc(CNc2ccc(N)c(OC(C)C)n2)s1. The fourth-order valence-corrected chi connectivity index (χ4v) is 2.43. The van der Waals surface area contributed by atoms with E-state index >= 15 is 0 Å². The van der Waals surface area contributed by atoms with Crippen LogP contribution in [0.2, 0.25) is 0 Å². The highest BCUT2D eigenvalue weighted by molar-refractivity contribution is 7.11. The summed E-state index contributed by atoms with van der Waals surface area (Å²) < 4.78 is 5.57. The average Bonchev–Trinajstić information content (AvgIpc) is 2.87. The van der Waals surface area contributed by atoms with Gasteiger partial charge in [0, 0.05) is 11.1 Å². The molecule has 0 saturated carbocycles. The molecule has 0 atom stereocenters. The van der Waals surface area contributed by atoms with Crippen molar-refractivity contribution in [3.05, 3.63) is 28.2 Å². The van der Waals surface area contributed by atoms with Crippen molar-refractivity contribution in [1.82, 2.24) is 9.97 Å². The van der Waals surface area contributed by atoms with Crippen LogP contribution < -0.4 is 15.8 Å². The summed E-state index contributed by atoms with van der Waals surface area (Å²) in [5.74, 6) is 1.21. The van der Waals surface area contributed by atoms with E-state index in [0.717, 1.165) is 17.2 Å². The Morgan fingerprint density at radius 2 is 2.20 bits per heavy atom. The van der Waals surface area contributed by atoms with Crippen molar-refractivity contribution in [3.63, 3.8) is 0 Å². The van der Waals surface area contributed by atoms with Crippen molar-refractivity contribution in [2.24, 2.45) is 0 Å². The molecule has 2 heterocycles. The average molecular weight is 292 g/mol. The van der Waals surface area contributed by atoms with Gasteiger partial charge in [0.25, 0.3) is 0 Å². The van der Waals surface area contributed by atoms with Gasteiger partial charge in [-0.3, -0.25) is 0 Å². The molecule has 5 nitrogen and oxygen atoms in total. The molecule has 0 saturated heterocycles. The van der Waals surface area contributed by atoms with Gasteiger partial charge in [-0.05, 0) is 32.4 Å². The molecule has 0 aromatic carbocycles. The molecule has 108 valence electrons. The van der Waals surface area contributed by atoms with Crippen LogP contribution in [-0.2, 0) is 13.0 Å². The van der Waals surface area contributed by atoms with Crippen molar-refractivity contribution >= 4 is 22.8 Å². The van der Waals surface area contributed by atoms with Gasteiger partial charge >= 0.3 is 0 Å². The maximum Gasteiger partial charge on any atom is 0.239 e. The van der Waals surface area contributed by atoms with Crippen molar-refractivity contribution < 1.29 is 4.74 Å². The number of ether oxygens (including phenoxy) is 1. The first-order valence-electron chi connectivity index (χ1n) is 6.69. The lowest BCUT2D eigenvalue weighted by molar-refractivity contribution is 0.234. The van der Waals surface area contributed by atoms with Crippen LogP contribution in [0.4, 0.5) is 11.5 Å². The minimum Gasteiger partial charge on any atom is -0.473 e. The fourth-order valence-electron chi connectivity index (χ4n) is 1.63. The Hall–Kier alpha value is -1.82. The van der Waals surface area contributed by atoms with Gasteiger partial charge in [-0.2, -0.15) is 4.98 Å². The maximum absolute atomic E-state index is 5.84. The highest BCUT2D eigenvalue weighted by atomic mass is 32.1. The molecule has 2 aromatic heterocycles. The molecule has 2 aromatic rings. The number of nitrogen functional groups attached to an aromatic ring is 1. The van der Waals surface area contributed by atoms with E-state index in [0.29, 0.717) is 18.1 Å². The van der Waals surface area contributed by atoms with E-state index < -0.39 is 0 Å². The van der Waals surface area contributed by atoms with E-state index in [1.807, 2.05) is 26.1 Å². The molecule has 0 aliphatic carbocycles. The number of hydrogen-bond acceptors (Lipinski definition) is 6. The summed E-state index contributed by atoms with van der Waals surface area (Å²) in [5, 5.41) is 4.29. The second kappa shape index (κ2) is 6.56. The maximum atomic E-state index is 5.84. The normalized spacial score (nSPS) is 10.8. The topological polar surface area (TPSA) is 73.1 Å². The summed E-state index contributed by atoms with van der Waals surface area (Å²) in [6.07, 6.45) is 2.99. The van der Waals surface area contributed by atoms with Crippen LogP contribution in [0.25, 0.3) is 0 Å². The zero-order valence-electron chi connectivity index (χ0n) is 12.0. The monoisotopic (exact) mass is 292 g/mol. The fraction of sp³-hybridized carbons (Fsp3) is 0.429. The predicted molar refractivity (Wildman–Crippen MR) is 83.2 cm³/mol. The number of nitrogens with one attached hydrogen (secondary N) is 1. The second-order valence-corrected chi connectivity index (χ2v) is 5.88. The van der Waals surface area contributed by atoms with Crippen LogP contribution >= 0.6 is 11.3 Å². The van der Waals surface area contributed by atoms with Crippen LogP contribution in [-0.4, -0.2) is 16.1 Å². The molecule has 0 fully saturated rings. The summed E-state index contributed by atoms with van der Waals surface area (Å²) in [4.78, 5) is 10.0. The van der Waals surface area contributed by atoms with Gasteiger partial charge in [-0.25, -0.2) is 4.98 Å². The first-order valence-corrected chi connectivity index (χ1v) is 7.50. The lowest BCUT2D eigenvalue weighted by Crippen LogP contribution is -2.10. The number of aromatic nitrogens is 2. The highest BCUT2D eigenvalue weighted by Crippen LogP contribution is 2.22. The van der Waals surface area contributed by atoms with Crippen LogP contribution in [0.5, 0.6) is 5.88 Å². The number of thiazole rings is 1. The van der Waals surface area contributed by atoms with Gasteiger partial charge in [0.05, 0.1) is 18.3 Å². The van der Waals surface area contributed by atoms with Crippen LogP contribution in [0.3, 0.4) is 0 Å². The largest absolute Gasteiger partial charge is 0.473 e. The molecule has 0 aliphatic heterocycles. The number of rotatable bonds is 6. The first kappa shape index (κ1) is 14.6. The molecule has 3 N–H and O–H groups in total. The summed E-state index contributed by atoms with van der Waals surface area (Å²) in [6, 6.07) is 3.64. The summed E-state index contributed by atoms with van der Waals surface area (Å²) in [6.45, 7) is 6.68. The highest BCUT2D eigenvalue weighted by Gasteiger charge is 2.07. The molecular weight excluding hydrogens is 272 g/mol. The number of nitrogens with zero attached hydrogens (tertiary/aromatic N) is 2. The van der Waals surface area contributed by atoms with E-state index in [4.69, 9.17) is 10.5 Å². The zero-order chi connectivity index (χ0) is 14.5. The number of nitrogens with two attached hydrogens (primary N) is 1. The Bertz CT molecular complexity index is 568. The third-order valence-electron chi connectivity index (χ3n) is 2.61. The molecule has 0 radical (unpaired) electrons. The van der Waals surface area contributed by atoms with Crippen LogP contribution in [0.15, 0.2) is 18.3 Å². The van der Waals surface area contributed by atoms with Gasteiger partial charge in [0.1, 0.15) is 10.8 Å². The second-order valence-electron chi connectivity index (χ2n) is 4.68. The van der Waals surface area contributed by atoms with Gasteiger partial charge in [-0.15, -0.1) is 11.3 Å². The molecule has 0 bridgehead atoms. The first-order chi connectivity index (χ1) is 9.58. The number of aryl methyl sites for hydroxylation is 1. The molecule has 0 aliphatic rings. The van der Waals surface area contributed by atoms with E-state index in [9.17, 15) is 0 Å². The standard InChI is InChI=1S/C14H20N4OS/c1-4-10-7-17-13(20-10)8-16-12-6-5-11(15)14(18-12)19-9(2)3/h5-7,9H,4,8,15H2,1-3H3,(H,16,18). The zero-order valence-corrected chi connectivity index (χ0v) is 12.8. The Balaban J connectivity index is 2.02. The van der Waals surface area contributed by atoms with Crippen LogP contribution in [0, 0.1) is 0 Å². The van der Waals surface area contributed by atoms with Crippen LogP contribution in [0.1, 0.15) is 30.7 Å². The lowest BCUT2D eigenvalue weighted by Gasteiger charge is -2.12. The Kier molecular flexibility index (Phi) is 4.79. The van der Waals surface area contributed by atoms with E-state index in [1.54, 1.807) is 17.4 Å². The van der Waals surface area contributed by atoms with Crippen molar-refractivity contribution in [2.75, 3.05) is 11.1 Å². The molecule has 20 heavy (non-hydrogen) atoms. The lowest BCUT2D eigenvalue weighted by atomic mass is 10.4. The minimum absolute atomic E-state index is 0.0473. The van der Waals surface area contributed by atoms with Gasteiger partial charge in [0.2, 0.25) is 5.88 Å². The molecule has 0 unspecified atom stereocenters. The predicted octanol–water partition coefficient (Wildman–Crippen LogP) is 3.08. The summed E-state index contributed by atoms with van der Waals surface area (Å²) >= 11 is 1.71. The number of pyridine rings is 1. The number of hydrogen-bond donors (Lipinski definition) is 2. The quantitative estimate of drug-likeness (QED) is 0.856. The van der Waals surface area contributed by atoms with Gasteiger partial charge in [0.15, 0.2) is 0 Å². The van der Waals surface area contributed by atoms with E-state index in [2.05, 4.69) is 22.2 Å². The molecular formula is C14H20N4OS. The summed E-state index contributed by atoms with van der Waals surface area (Å²) in [5.41, 5.74) is 6.39. The van der Waals surface area contributed by atoms with Crippen molar-refractivity contribution in [1.29, 1.82) is 0 Å². The van der Waals surface area contributed by atoms with Crippen molar-refractivity contribution in [3.8, 4) is 5.88 Å². The number of anilines is 2. The van der Waals surface area contributed by atoms with Gasteiger partial charge < -0.3 is 15.8 Å². The van der Waals surface area contributed by atoms with Gasteiger partial charge in [-0.1, -0.05) is 6.92 Å². The third kappa shape index (κ3) is 3.84. The Labute approximate surface area is 123 Å². The molecule has 2 rings (SSSR count). The smallest absolute Gasteiger partial charge is 0.239 e. The molecule has 6 heteroatoms. The summed E-state index contributed by atoms with van der Waals surface area (Å²) in [7, 11) is 0. The van der Waals surface area contributed by atoms with E-state index in [1.165, 1.54) is 4.88 Å². The van der Waals surface area contributed by atoms with E-state index in [-0.39, 0.29) is 6.10 Å². The van der Waals surface area contributed by atoms with Crippen molar-refractivity contribution in [2.45, 2.75) is 39.8 Å². The Morgan fingerprint density at radius 1 is 1.40 bits per heavy atom. The molecule has 0 spiro atoms. The third-order valence-corrected chi connectivity index (χ3v) is 3.75. The minimum atomic E-state index is 0.0473. The Morgan fingerprint density at radius 3 is 2.85 bits per heavy atom.